The van der Waals surface area contributed by atoms with E-state index in [4.69, 9.17) is 0 Å². The maximum atomic E-state index is 12.7. The Labute approximate surface area is 223 Å². The van der Waals surface area contributed by atoms with Gasteiger partial charge < -0.3 is 10.2 Å². The van der Waals surface area contributed by atoms with Crippen LogP contribution in [0.1, 0.15) is 102 Å². The molecule has 4 aliphatic rings. The van der Waals surface area contributed by atoms with E-state index in [1.807, 2.05) is 19.2 Å². The van der Waals surface area contributed by atoms with E-state index in [0.717, 1.165) is 42.7 Å². The average Bonchev–Trinajstić information content (AvgIpc) is 3.23. The van der Waals surface area contributed by atoms with Gasteiger partial charge in [-0.05, 0) is 123 Å². The van der Waals surface area contributed by atoms with Crippen molar-refractivity contribution in [2.45, 2.75) is 97.9 Å². The normalized spacial score (nSPS) is 37.8. The smallest absolute Gasteiger partial charge is 0.224 e. The molecule has 1 heterocycles. The number of ketones is 1. The third kappa shape index (κ3) is 4.55. The number of benzene rings is 1. The second kappa shape index (κ2) is 9.85. The van der Waals surface area contributed by atoms with Gasteiger partial charge in [0.05, 0.1) is 0 Å². The first-order valence-electron chi connectivity index (χ1n) is 14.7. The first-order valence-corrected chi connectivity index (χ1v) is 14.7. The maximum absolute atomic E-state index is 12.7. The van der Waals surface area contributed by atoms with Crippen molar-refractivity contribution in [2.75, 3.05) is 12.4 Å². The van der Waals surface area contributed by atoms with Gasteiger partial charge in [-0.15, -0.1) is 0 Å². The van der Waals surface area contributed by atoms with Crippen LogP contribution >= 0.6 is 0 Å². The standard InChI is InChI=1S/C32H46N2O3/c1-20(6-15-29(36)33-23-9-7-22(8-10-23)21(2)35)25-12-13-26-24-11-14-28-32(4,19-17-30(37)34(28)5)27(24)16-18-31(25,26)3/h7-10,20,24-28H,6,11-19H2,1-5H3,(H,33,36)/t20-,24+,25-,26+,27+,28-,31-,32-/m1/s1. The van der Waals surface area contributed by atoms with E-state index in [9.17, 15) is 14.4 Å². The molecule has 5 rings (SSSR count). The summed E-state index contributed by atoms with van der Waals surface area (Å²) in [6.45, 7) is 9.00. The lowest BCUT2D eigenvalue weighted by atomic mass is 9.46. The molecule has 0 radical (unpaired) electrons. The Morgan fingerprint density at radius 1 is 1.00 bits per heavy atom. The number of hydrogen-bond acceptors (Lipinski definition) is 3. The van der Waals surface area contributed by atoms with Gasteiger partial charge in [0.1, 0.15) is 0 Å². The fourth-order valence-corrected chi connectivity index (χ4v) is 9.70. The molecule has 3 saturated carbocycles. The monoisotopic (exact) mass is 506 g/mol. The van der Waals surface area contributed by atoms with Crippen LogP contribution in [-0.2, 0) is 9.59 Å². The van der Waals surface area contributed by atoms with Crippen LogP contribution in [0.15, 0.2) is 24.3 Å². The van der Waals surface area contributed by atoms with Crippen LogP contribution in [0, 0.1) is 40.4 Å². The number of carbonyl (C=O) groups is 3. The summed E-state index contributed by atoms with van der Waals surface area (Å²) in [7, 11) is 2.04. The van der Waals surface area contributed by atoms with Crippen molar-refractivity contribution in [3.8, 4) is 0 Å². The summed E-state index contributed by atoms with van der Waals surface area (Å²) < 4.78 is 0. The molecule has 5 heteroatoms. The summed E-state index contributed by atoms with van der Waals surface area (Å²) in [5.74, 6) is 3.97. The Morgan fingerprint density at radius 3 is 2.41 bits per heavy atom. The third-order valence-corrected chi connectivity index (χ3v) is 11.7. The molecule has 1 N–H and O–H groups in total. The quantitative estimate of drug-likeness (QED) is 0.435. The Morgan fingerprint density at radius 2 is 1.70 bits per heavy atom. The van der Waals surface area contributed by atoms with Crippen LogP contribution < -0.4 is 5.32 Å². The number of hydrogen-bond donors (Lipinski definition) is 1. The highest BCUT2D eigenvalue weighted by Gasteiger charge is 2.61. The van der Waals surface area contributed by atoms with Crippen molar-refractivity contribution in [1.82, 2.24) is 4.90 Å². The molecule has 1 saturated heterocycles. The summed E-state index contributed by atoms with van der Waals surface area (Å²) >= 11 is 0. The highest BCUT2D eigenvalue weighted by Crippen LogP contribution is 2.67. The van der Waals surface area contributed by atoms with Crippen LogP contribution in [0.25, 0.3) is 0 Å². The molecule has 0 spiro atoms. The largest absolute Gasteiger partial charge is 0.342 e. The first kappa shape index (κ1) is 26.4. The van der Waals surface area contributed by atoms with E-state index in [2.05, 4.69) is 31.0 Å². The van der Waals surface area contributed by atoms with Crippen molar-refractivity contribution >= 4 is 23.3 Å². The lowest BCUT2D eigenvalue weighted by Gasteiger charge is -2.62. The van der Waals surface area contributed by atoms with E-state index in [-0.39, 0.29) is 17.1 Å². The molecular weight excluding hydrogens is 460 g/mol. The summed E-state index contributed by atoms with van der Waals surface area (Å²) in [5, 5.41) is 3.02. The molecule has 0 bridgehead atoms. The lowest BCUT2D eigenvalue weighted by molar-refractivity contribution is -0.158. The second-order valence-electron chi connectivity index (χ2n) is 13.4. The molecule has 0 aromatic heterocycles. The van der Waals surface area contributed by atoms with Gasteiger partial charge in [0.25, 0.3) is 0 Å². The first-order chi connectivity index (χ1) is 17.5. The van der Waals surface area contributed by atoms with Gasteiger partial charge in [-0.2, -0.15) is 0 Å². The summed E-state index contributed by atoms with van der Waals surface area (Å²) in [6, 6.07) is 7.59. The zero-order valence-corrected chi connectivity index (χ0v) is 23.5. The van der Waals surface area contributed by atoms with Crippen LogP contribution in [-0.4, -0.2) is 35.6 Å². The van der Waals surface area contributed by atoms with Crippen LogP contribution in [0.2, 0.25) is 0 Å². The molecule has 5 nitrogen and oxygen atoms in total. The van der Waals surface area contributed by atoms with Gasteiger partial charge in [0.2, 0.25) is 11.8 Å². The topological polar surface area (TPSA) is 66.5 Å². The van der Waals surface area contributed by atoms with E-state index in [1.54, 1.807) is 19.1 Å². The SMILES string of the molecule is CC(=O)c1ccc(NC(=O)CC[C@@H](C)[C@H]2CC[C@H]3[C@@H]4CC[C@H]5N(C)C(=O)CC[C@]5(C)[C@H]4CC[C@]23C)cc1. The van der Waals surface area contributed by atoms with Crippen LogP contribution in [0.4, 0.5) is 5.69 Å². The number of Topliss-reactive ketones (excluding diaryl/α,β-unsaturated/α-hetero) is 1. The molecule has 37 heavy (non-hydrogen) atoms. The number of nitrogens with one attached hydrogen (secondary N) is 1. The summed E-state index contributed by atoms with van der Waals surface area (Å²) in [5.41, 5.74) is 2.07. The zero-order chi connectivity index (χ0) is 26.5. The number of carbonyl (C=O) groups excluding carboxylic acids is 3. The summed E-state index contributed by atoms with van der Waals surface area (Å²) in [6.07, 6.45) is 10.9. The van der Waals surface area contributed by atoms with E-state index < -0.39 is 0 Å². The van der Waals surface area contributed by atoms with Crippen molar-refractivity contribution in [3.63, 3.8) is 0 Å². The molecule has 1 aromatic rings. The number of amides is 2. The Hall–Kier alpha value is -2.17. The fourth-order valence-electron chi connectivity index (χ4n) is 9.70. The molecule has 2 amide bonds. The Bertz CT molecular complexity index is 1050. The van der Waals surface area contributed by atoms with Crippen molar-refractivity contribution in [3.05, 3.63) is 29.8 Å². The molecule has 1 aliphatic heterocycles. The number of piperidine rings is 1. The number of anilines is 1. The van der Waals surface area contributed by atoms with Crippen LogP contribution in [0.5, 0.6) is 0 Å². The van der Waals surface area contributed by atoms with Gasteiger partial charge in [-0.25, -0.2) is 0 Å². The van der Waals surface area contributed by atoms with Crippen molar-refractivity contribution in [1.29, 1.82) is 0 Å². The van der Waals surface area contributed by atoms with E-state index in [1.165, 1.54) is 38.5 Å². The minimum absolute atomic E-state index is 0.0347. The van der Waals surface area contributed by atoms with E-state index in [0.29, 0.717) is 41.2 Å². The Balaban J connectivity index is 1.20. The average molecular weight is 507 g/mol. The zero-order valence-electron chi connectivity index (χ0n) is 23.5. The van der Waals surface area contributed by atoms with Crippen molar-refractivity contribution in [2.24, 2.45) is 40.4 Å². The minimum atomic E-state index is 0.0347. The number of nitrogens with zero attached hydrogens (tertiary/aromatic N) is 1. The third-order valence-electron chi connectivity index (χ3n) is 11.7. The number of rotatable bonds is 6. The fraction of sp³-hybridized carbons (Fsp3) is 0.719. The number of likely N-dealkylation sites (tertiary alicyclic amines) is 1. The van der Waals surface area contributed by atoms with Gasteiger partial charge in [-0.1, -0.05) is 20.8 Å². The van der Waals surface area contributed by atoms with Crippen molar-refractivity contribution < 1.29 is 14.4 Å². The van der Waals surface area contributed by atoms with Gasteiger partial charge in [0, 0.05) is 37.2 Å². The van der Waals surface area contributed by atoms with Gasteiger partial charge in [-0.3, -0.25) is 14.4 Å². The molecule has 1 aromatic carbocycles. The minimum Gasteiger partial charge on any atom is -0.342 e. The molecular formula is C32H46N2O3. The van der Waals surface area contributed by atoms with Gasteiger partial charge >= 0.3 is 0 Å². The predicted molar refractivity (Wildman–Crippen MR) is 147 cm³/mol. The molecule has 0 unspecified atom stereocenters. The van der Waals surface area contributed by atoms with Gasteiger partial charge in [0.15, 0.2) is 5.78 Å². The predicted octanol–water partition coefficient (Wildman–Crippen LogP) is 6.72. The lowest BCUT2D eigenvalue weighted by Crippen LogP contribution is -2.61. The van der Waals surface area contributed by atoms with Crippen LogP contribution in [0.3, 0.4) is 0 Å². The maximum Gasteiger partial charge on any atom is 0.224 e. The molecule has 4 fully saturated rings. The highest BCUT2D eigenvalue weighted by atomic mass is 16.2. The second-order valence-corrected chi connectivity index (χ2v) is 13.4. The molecule has 202 valence electrons. The Kier molecular flexibility index (Phi) is 7.04. The van der Waals surface area contributed by atoms with E-state index >= 15 is 0 Å². The summed E-state index contributed by atoms with van der Waals surface area (Å²) in [4.78, 5) is 38.7. The number of fused-ring (bicyclic) bond motifs is 5. The molecule has 8 atom stereocenters. The molecule has 3 aliphatic carbocycles. The highest BCUT2D eigenvalue weighted by molar-refractivity contribution is 5.95.